The predicted molar refractivity (Wildman–Crippen MR) is 339 cm³/mol. The van der Waals surface area contributed by atoms with E-state index in [-0.39, 0.29) is 0 Å². The van der Waals surface area contributed by atoms with E-state index in [1.807, 2.05) is 75.6 Å². The molecule has 0 bridgehead atoms. The van der Waals surface area contributed by atoms with Crippen molar-refractivity contribution >= 4 is 88.3 Å². The summed E-state index contributed by atoms with van der Waals surface area (Å²) in [5.74, 6) is 0. The monoisotopic (exact) mass is 1130 g/mol. The Labute approximate surface area is 496 Å². The van der Waals surface area contributed by atoms with Gasteiger partial charge in [-0.1, -0.05) is 12.1 Å². The van der Waals surface area contributed by atoms with Crippen molar-refractivity contribution in [2.45, 2.75) is 41.5 Å². The highest BCUT2D eigenvalue weighted by Crippen LogP contribution is 2.38. The minimum atomic E-state index is 0.630. The Morgan fingerprint density at radius 1 is 0.337 bits per heavy atom. The second-order valence-corrected chi connectivity index (χ2v) is 22.0. The van der Waals surface area contributed by atoms with Crippen LogP contribution in [0.5, 0.6) is 0 Å². The number of hydrogen-bond acceptors (Lipinski definition) is 9. The fraction of sp³-hybridized carbons (Fsp3) is 0.137. The van der Waals surface area contributed by atoms with Gasteiger partial charge in [0.1, 0.15) is 51.3 Å². The first-order valence-corrected chi connectivity index (χ1v) is 28.6. The average Bonchev–Trinajstić information content (AvgIpc) is 1.92. The summed E-state index contributed by atoms with van der Waals surface area (Å²) in [6.07, 6.45) is 13.3. The third kappa shape index (κ3) is 10.1. The van der Waals surface area contributed by atoms with E-state index in [0.717, 1.165) is 88.1 Å². The van der Waals surface area contributed by atoms with Crippen molar-refractivity contribution in [1.29, 1.82) is 0 Å². The summed E-state index contributed by atoms with van der Waals surface area (Å²) in [4.78, 5) is 21.6. The van der Waals surface area contributed by atoms with Crippen molar-refractivity contribution in [2.24, 2.45) is 28.2 Å². The van der Waals surface area contributed by atoms with Crippen LogP contribution in [-0.4, -0.2) is 24.9 Å². The van der Waals surface area contributed by atoms with Crippen LogP contribution < -0.4 is 18.3 Å². The van der Waals surface area contributed by atoms with Gasteiger partial charge in [-0.15, -0.1) is 0 Å². The third-order valence-electron chi connectivity index (χ3n) is 16.1. The Balaban J connectivity index is 0.000000106. The number of nitrogens with zero attached hydrogens (tertiary/aromatic N) is 9. The number of furan rings is 4. The summed E-state index contributed by atoms with van der Waals surface area (Å²) in [7, 11) is 8.21. The molecule has 13 nitrogen and oxygen atoms in total. The van der Waals surface area contributed by atoms with E-state index >= 15 is 0 Å². The van der Waals surface area contributed by atoms with Crippen molar-refractivity contribution in [1.82, 2.24) is 24.9 Å². The van der Waals surface area contributed by atoms with Crippen LogP contribution in [0.25, 0.3) is 133 Å². The number of fused-ring (bicyclic) bond motifs is 12. The first-order chi connectivity index (χ1) is 41.8. The van der Waals surface area contributed by atoms with Gasteiger partial charge in [-0.05, 0) is 161 Å². The maximum atomic E-state index is 6.01. The van der Waals surface area contributed by atoms with Gasteiger partial charge in [-0.3, -0.25) is 0 Å². The van der Waals surface area contributed by atoms with Crippen molar-refractivity contribution in [3.8, 4) is 45.0 Å². The molecule has 0 saturated heterocycles. The lowest BCUT2D eigenvalue weighted by Crippen LogP contribution is -2.30. The van der Waals surface area contributed by atoms with Crippen LogP contribution in [0.15, 0.2) is 219 Å². The molecule has 0 aliphatic heterocycles. The molecule has 0 saturated carbocycles. The maximum Gasteiger partial charge on any atom is 0.230 e. The van der Waals surface area contributed by atoms with Gasteiger partial charge in [0.2, 0.25) is 45.6 Å². The Morgan fingerprint density at radius 3 is 1.22 bits per heavy atom. The van der Waals surface area contributed by atoms with E-state index in [4.69, 9.17) is 17.7 Å². The molecule has 0 amide bonds. The fourth-order valence-electron chi connectivity index (χ4n) is 11.6. The van der Waals surface area contributed by atoms with E-state index in [2.05, 4.69) is 220 Å². The number of aryl methyl sites for hydroxylation is 10. The number of pyridine rings is 7. The number of hydrogen-bond donors (Lipinski definition) is 0. The van der Waals surface area contributed by atoms with Crippen molar-refractivity contribution < 1.29 is 35.9 Å². The fourth-order valence-corrected chi connectivity index (χ4v) is 11.6. The molecule has 12 aromatic heterocycles. The van der Waals surface area contributed by atoms with Gasteiger partial charge < -0.3 is 17.7 Å². The summed E-state index contributed by atoms with van der Waals surface area (Å²) >= 11 is 0. The van der Waals surface area contributed by atoms with Gasteiger partial charge in [0, 0.05) is 110 Å². The molecule has 4 aromatic carbocycles. The molecule has 0 aliphatic rings. The lowest BCUT2D eigenvalue weighted by Gasteiger charge is -2.04. The Kier molecular flexibility index (Phi) is 14.2. The zero-order chi connectivity index (χ0) is 59.3. The lowest BCUT2D eigenvalue weighted by atomic mass is 10.0. The molecule has 420 valence electrons. The molecule has 0 unspecified atom stereocenters. The average molecular weight is 1130 g/mol. The van der Waals surface area contributed by atoms with Crippen molar-refractivity contribution in [3.05, 3.63) is 235 Å². The molecular weight excluding hydrogens is 1070 g/mol. The van der Waals surface area contributed by atoms with Gasteiger partial charge in [0.25, 0.3) is 0 Å². The molecule has 0 radical (unpaired) electrons. The standard InChI is InChI=1S/2C19H17N2O.C18H15N2O.C17H14N3O/c2*1-12-10-16-14-8-7-13(2)20-19(14)22-18(16)11-15(12)17-6-4-5-9-21(17)3;1-12-10-15-13-6-5-8-19-18(13)21-17(15)11-14(12)16-7-3-4-9-20(16)2;1-11-6-7-12-13-9-18-10-19-17(13)21-16(12)15(11)14-5-3-4-8-20(14)2/h2*4-11H,1-3H3;3-11H,1-2H3;3-10H,1-2H3/q4*+1. The van der Waals surface area contributed by atoms with Crippen LogP contribution in [0.1, 0.15) is 33.6 Å². The summed E-state index contributed by atoms with van der Waals surface area (Å²) < 4.78 is 32.3. The molecule has 0 spiro atoms. The molecule has 16 aromatic rings. The largest absolute Gasteiger partial charge is 0.438 e. The van der Waals surface area contributed by atoms with E-state index < -0.39 is 0 Å². The number of benzene rings is 4. The quantitative estimate of drug-likeness (QED) is 0.158. The molecule has 0 atom stereocenters. The Morgan fingerprint density at radius 2 is 0.756 bits per heavy atom. The van der Waals surface area contributed by atoms with Crippen LogP contribution in [0, 0.1) is 41.5 Å². The van der Waals surface area contributed by atoms with Crippen LogP contribution in [0.4, 0.5) is 0 Å². The SMILES string of the molecule is Cc1cc2c(cc1-c1cccc[n+]1C)oc1ncccc12.Cc1ccc2c(n1)oc1cc(-c3cccc[n+]3C)c(C)cc12.Cc1ccc2c(n1)oc1cc(-c3cccc[n+]3C)c(C)cc12.Cc1ccc2c(oc3ncncc32)c1-c1cccc[n+]1C. The second kappa shape index (κ2) is 22.4. The summed E-state index contributed by atoms with van der Waals surface area (Å²) in [6.45, 7) is 12.5. The van der Waals surface area contributed by atoms with Gasteiger partial charge >= 0.3 is 0 Å². The zero-order valence-electron chi connectivity index (χ0n) is 49.7. The number of rotatable bonds is 4. The van der Waals surface area contributed by atoms with Crippen molar-refractivity contribution in [2.75, 3.05) is 0 Å². The second-order valence-electron chi connectivity index (χ2n) is 22.0. The first-order valence-electron chi connectivity index (χ1n) is 28.6. The van der Waals surface area contributed by atoms with Crippen LogP contribution in [0.3, 0.4) is 0 Å². The summed E-state index contributed by atoms with van der Waals surface area (Å²) in [6, 6.07) is 54.1. The van der Waals surface area contributed by atoms with Gasteiger partial charge in [0.15, 0.2) is 30.4 Å². The summed E-state index contributed by atoms with van der Waals surface area (Å²) in [5, 5.41) is 8.60. The Hall–Kier alpha value is -10.8. The molecule has 16 rings (SSSR count). The lowest BCUT2D eigenvalue weighted by molar-refractivity contribution is -0.660. The smallest absolute Gasteiger partial charge is 0.230 e. The summed E-state index contributed by atoms with van der Waals surface area (Å²) in [5.41, 5.74) is 22.4. The van der Waals surface area contributed by atoms with Crippen molar-refractivity contribution in [3.63, 3.8) is 0 Å². The molecule has 0 aliphatic carbocycles. The van der Waals surface area contributed by atoms with Crippen LogP contribution >= 0.6 is 0 Å². The van der Waals surface area contributed by atoms with E-state index in [1.165, 1.54) is 62.4 Å². The van der Waals surface area contributed by atoms with Gasteiger partial charge in [-0.2, -0.15) is 0 Å². The highest BCUT2D eigenvalue weighted by atomic mass is 16.4. The van der Waals surface area contributed by atoms with Crippen LogP contribution in [-0.2, 0) is 28.2 Å². The highest BCUT2D eigenvalue weighted by molar-refractivity contribution is 6.09. The zero-order valence-corrected chi connectivity index (χ0v) is 49.7. The number of aromatic nitrogens is 9. The third-order valence-corrected chi connectivity index (χ3v) is 16.1. The van der Waals surface area contributed by atoms with Crippen LogP contribution in [0.2, 0.25) is 0 Å². The Bertz CT molecular complexity index is 5120. The predicted octanol–water partition coefficient (Wildman–Crippen LogP) is 15.1. The normalized spacial score (nSPS) is 11.4. The highest BCUT2D eigenvalue weighted by Gasteiger charge is 2.22. The van der Waals surface area contributed by atoms with Gasteiger partial charge in [0.05, 0.1) is 27.6 Å². The van der Waals surface area contributed by atoms with E-state index in [0.29, 0.717) is 22.9 Å². The topological polar surface area (TPSA) is 133 Å². The van der Waals surface area contributed by atoms with Gasteiger partial charge in [-0.25, -0.2) is 43.2 Å². The molecule has 0 fully saturated rings. The molecule has 86 heavy (non-hydrogen) atoms. The minimum Gasteiger partial charge on any atom is -0.438 e. The first kappa shape index (κ1) is 54.5. The molecule has 13 heteroatoms. The molecule has 0 N–H and O–H groups in total. The van der Waals surface area contributed by atoms with E-state index in [1.54, 1.807) is 12.4 Å². The van der Waals surface area contributed by atoms with E-state index in [9.17, 15) is 0 Å². The maximum absolute atomic E-state index is 6.01. The molecule has 12 heterocycles. The molecular formula is C73H63N9O4+4. The minimum absolute atomic E-state index is 0.630.